The third kappa shape index (κ3) is 4.23. The summed E-state index contributed by atoms with van der Waals surface area (Å²) in [5.74, 6) is -1.56. The SMILES string of the molecule is O=C(NO)c1cccc(C(=O)N/N=C/c2cc(Cl)cc(Cl)c2O)c1. The minimum absolute atomic E-state index is 0.0537. The van der Waals surface area contributed by atoms with Gasteiger partial charge in [0.1, 0.15) is 5.75 Å². The minimum atomic E-state index is -0.744. The third-order valence-electron chi connectivity index (χ3n) is 2.92. The van der Waals surface area contributed by atoms with E-state index in [1.807, 2.05) is 0 Å². The number of benzene rings is 2. The highest BCUT2D eigenvalue weighted by Crippen LogP contribution is 2.29. The lowest BCUT2D eigenvalue weighted by atomic mass is 10.1. The molecular weight excluding hydrogens is 357 g/mol. The highest BCUT2D eigenvalue weighted by atomic mass is 35.5. The van der Waals surface area contributed by atoms with Crippen LogP contribution in [-0.2, 0) is 0 Å². The van der Waals surface area contributed by atoms with Crippen molar-refractivity contribution < 1.29 is 19.9 Å². The molecule has 124 valence electrons. The maximum absolute atomic E-state index is 12.0. The normalized spacial score (nSPS) is 10.6. The molecule has 0 aromatic heterocycles. The molecule has 0 heterocycles. The summed E-state index contributed by atoms with van der Waals surface area (Å²) >= 11 is 11.6. The van der Waals surface area contributed by atoms with Crippen molar-refractivity contribution in [2.24, 2.45) is 5.10 Å². The average molecular weight is 368 g/mol. The summed E-state index contributed by atoms with van der Waals surface area (Å²) in [6.07, 6.45) is 1.18. The molecule has 2 aromatic carbocycles. The standard InChI is InChI=1S/C15H11Cl2N3O4/c16-11-5-10(13(21)12(17)6-11)7-18-19-14(22)8-2-1-3-9(4-8)15(23)20-24/h1-7,21,24H,(H,19,22)(H,20,23)/b18-7+. The summed E-state index contributed by atoms with van der Waals surface area (Å²) in [7, 11) is 0. The molecule has 0 bridgehead atoms. The number of hydrazone groups is 1. The Hall–Kier alpha value is -2.61. The monoisotopic (exact) mass is 367 g/mol. The van der Waals surface area contributed by atoms with Crippen LogP contribution < -0.4 is 10.9 Å². The van der Waals surface area contributed by atoms with Crippen LogP contribution in [0.2, 0.25) is 10.0 Å². The first-order chi connectivity index (χ1) is 11.4. The van der Waals surface area contributed by atoms with Gasteiger partial charge in [0.2, 0.25) is 0 Å². The van der Waals surface area contributed by atoms with Gasteiger partial charge in [-0.05, 0) is 30.3 Å². The zero-order chi connectivity index (χ0) is 17.7. The first kappa shape index (κ1) is 17.7. The highest BCUT2D eigenvalue weighted by Gasteiger charge is 2.10. The molecular formula is C15H11Cl2N3O4. The van der Waals surface area contributed by atoms with Crippen LogP contribution in [0.15, 0.2) is 41.5 Å². The lowest BCUT2D eigenvalue weighted by Gasteiger charge is -2.04. The summed E-state index contributed by atoms with van der Waals surface area (Å²) in [4.78, 5) is 23.3. The van der Waals surface area contributed by atoms with Gasteiger partial charge in [-0.2, -0.15) is 5.10 Å². The summed E-state index contributed by atoms with van der Waals surface area (Å²) in [5, 5.41) is 22.4. The van der Waals surface area contributed by atoms with Gasteiger partial charge >= 0.3 is 0 Å². The Morgan fingerprint density at radius 1 is 1.08 bits per heavy atom. The van der Waals surface area contributed by atoms with Gasteiger partial charge in [0, 0.05) is 21.7 Å². The van der Waals surface area contributed by atoms with Gasteiger partial charge < -0.3 is 5.11 Å². The number of hydroxylamine groups is 1. The number of hydrogen-bond donors (Lipinski definition) is 4. The first-order valence-corrected chi connectivity index (χ1v) is 7.24. The van der Waals surface area contributed by atoms with Gasteiger partial charge in [0.15, 0.2) is 0 Å². The van der Waals surface area contributed by atoms with Crippen LogP contribution in [0.25, 0.3) is 0 Å². The number of rotatable bonds is 4. The molecule has 7 nitrogen and oxygen atoms in total. The second kappa shape index (κ2) is 7.78. The van der Waals surface area contributed by atoms with Crippen molar-refractivity contribution >= 4 is 41.2 Å². The Morgan fingerprint density at radius 3 is 2.42 bits per heavy atom. The van der Waals surface area contributed by atoms with E-state index in [0.29, 0.717) is 5.02 Å². The Bertz CT molecular complexity index is 824. The van der Waals surface area contributed by atoms with Crippen LogP contribution in [0.5, 0.6) is 5.75 Å². The van der Waals surface area contributed by atoms with Gasteiger partial charge in [0.05, 0.1) is 11.2 Å². The van der Waals surface area contributed by atoms with E-state index in [9.17, 15) is 14.7 Å². The number of nitrogens with one attached hydrogen (secondary N) is 2. The van der Waals surface area contributed by atoms with E-state index in [2.05, 4.69) is 10.5 Å². The molecule has 9 heteroatoms. The molecule has 0 fully saturated rings. The van der Waals surface area contributed by atoms with Crippen molar-refractivity contribution in [2.75, 3.05) is 0 Å². The zero-order valence-electron chi connectivity index (χ0n) is 12.0. The van der Waals surface area contributed by atoms with Crippen LogP contribution in [0.3, 0.4) is 0 Å². The smallest absolute Gasteiger partial charge is 0.274 e. The molecule has 0 atom stereocenters. The summed E-state index contributed by atoms with van der Waals surface area (Å²) in [6.45, 7) is 0. The van der Waals surface area contributed by atoms with E-state index in [4.69, 9.17) is 28.4 Å². The fourth-order valence-electron chi connectivity index (χ4n) is 1.78. The Balaban J connectivity index is 2.12. The highest BCUT2D eigenvalue weighted by molar-refractivity contribution is 6.36. The molecule has 0 unspecified atom stereocenters. The summed E-state index contributed by atoms with van der Waals surface area (Å²) < 4.78 is 0. The maximum atomic E-state index is 12.0. The fraction of sp³-hybridized carbons (Fsp3) is 0. The van der Waals surface area contributed by atoms with Gasteiger partial charge in [0.25, 0.3) is 11.8 Å². The number of nitrogens with zero attached hydrogens (tertiary/aromatic N) is 1. The van der Waals surface area contributed by atoms with E-state index in [0.717, 1.165) is 0 Å². The lowest BCUT2D eigenvalue weighted by molar-refractivity contribution is 0.0706. The molecule has 0 saturated carbocycles. The fourth-order valence-corrected chi connectivity index (χ4v) is 2.28. The van der Waals surface area contributed by atoms with Gasteiger partial charge in [-0.1, -0.05) is 29.3 Å². The number of halogens is 2. The third-order valence-corrected chi connectivity index (χ3v) is 3.42. The number of carbonyl (C=O) groups excluding carboxylic acids is 2. The molecule has 0 aliphatic heterocycles. The van der Waals surface area contributed by atoms with Gasteiger partial charge in [-0.25, -0.2) is 10.9 Å². The second-order valence-electron chi connectivity index (χ2n) is 4.55. The van der Waals surface area contributed by atoms with E-state index in [-0.39, 0.29) is 27.5 Å². The van der Waals surface area contributed by atoms with Crippen molar-refractivity contribution in [2.45, 2.75) is 0 Å². The first-order valence-electron chi connectivity index (χ1n) is 6.48. The number of hydrogen-bond acceptors (Lipinski definition) is 5. The second-order valence-corrected chi connectivity index (χ2v) is 5.39. The van der Waals surface area contributed by atoms with Crippen LogP contribution in [0, 0.1) is 0 Å². The predicted molar refractivity (Wildman–Crippen MR) is 88.9 cm³/mol. The number of carbonyl (C=O) groups is 2. The molecule has 0 spiro atoms. The quantitative estimate of drug-likeness (QED) is 0.378. The molecule has 0 radical (unpaired) electrons. The number of phenolic OH excluding ortho intramolecular Hbond substituents is 1. The number of aromatic hydroxyl groups is 1. The average Bonchev–Trinajstić information content (AvgIpc) is 2.58. The maximum Gasteiger partial charge on any atom is 0.274 e. The van der Waals surface area contributed by atoms with Crippen LogP contribution in [-0.4, -0.2) is 28.3 Å². The van der Waals surface area contributed by atoms with Gasteiger partial charge in [-0.15, -0.1) is 0 Å². The Morgan fingerprint density at radius 2 is 1.75 bits per heavy atom. The van der Waals surface area contributed by atoms with Crippen molar-refractivity contribution in [3.8, 4) is 5.75 Å². The zero-order valence-corrected chi connectivity index (χ0v) is 13.5. The minimum Gasteiger partial charge on any atom is -0.506 e. The molecule has 2 rings (SSSR count). The van der Waals surface area contributed by atoms with Crippen molar-refractivity contribution in [1.29, 1.82) is 0 Å². The molecule has 24 heavy (non-hydrogen) atoms. The summed E-state index contributed by atoms with van der Waals surface area (Å²) in [6, 6.07) is 8.44. The Labute approximate surface area is 146 Å². The van der Waals surface area contributed by atoms with Crippen LogP contribution in [0.1, 0.15) is 26.3 Å². The van der Waals surface area contributed by atoms with Crippen LogP contribution in [0.4, 0.5) is 0 Å². The van der Waals surface area contributed by atoms with E-state index in [1.54, 1.807) is 0 Å². The van der Waals surface area contributed by atoms with Gasteiger partial charge in [-0.3, -0.25) is 14.8 Å². The molecule has 0 aliphatic rings. The summed E-state index contributed by atoms with van der Waals surface area (Å²) in [5.41, 5.74) is 4.20. The molecule has 2 amide bonds. The molecule has 4 N–H and O–H groups in total. The number of amides is 2. The van der Waals surface area contributed by atoms with Crippen molar-refractivity contribution in [3.05, 3.63) is 63.1 Å². The Kier molecular flexibility index (Phi) is 5.75. The molecule has 0 saturated heterocycles. The topological polar surface area (TPSA) is 111 Å². The van der Waals surface area contributed by atoms with E-state index in [1.165, 1.54) is 48.1 Å². The van der Waals surface area contributed by atoms with E-state index < -0.39 is 11.8 Å². The lowest BCUT2D eigenvalue weighted by Crippen LogP contribution is -2.21. The van der Waals surface area contributed by atoms with Crippen LogP contribution >= 0.6 is 23.2 Å². The largest absolute Gasteiger partial charge is 0.506 e. The number of phenols is 1. The molecule has 2 aromatic rings. The van der Waals surface area contributed by atoms with Crippen molar-refractivity contribution in [3.63, 3.8) is 0 Å². The van der Waals surface area contributed by atoms with E-state index >= 15 is 0 Å². The predicted octanol–water partition coefficient (Wildman–Crippen LogP) is 2.58. The van der Waals surface area contributed by atoms with Crippen molar-refractivity contribution in [1.82, 2.24) is 10.9 Å². The molecule has 0 aliphatic carbocycles.